The first-order valence-electron chi connectivity index (χ1n) is 38.0. The van der Waals surface area contributed by atoms with Gasteiger partial charge in [0, 0.05) is 84.6 Å². The van der Waals surface area contributed by atoms with Gasteiger partial charge in [-0.05, 0) is 187 Å². The maximum atomic E-state index is 13.8. The van der Waals surface area contributed by atoms with Crippen LogP contribution in [0.5, 0.6) is 0 Å². The summed E-state index contributed by atoms with van der Waals surface area (Å²) in [6.45, 7) is 16.9. The Balaban J connectivity index is 0.000000213. The molecule has 0 radical (unpaired) electrons. The Morgan fingerprint density at radius 3 is 1.42 bits per heavy atom. The van der Waals surface area contributed by atoms with Crippen molar-refractivity contribution in [3.05, 3.63) is 179 Å². The monoisotopic (exact) mass is 1820 g/mol. The second kappa shape index (κ2) is 39.6. The summed E-state index contributed by atoms with van der Waals surface area (Å²) < 4.78 is 83.8. The molecule has 2 amide bonds. The molecule has 634 valence electrons. The third-order valence-electron chi connectivity index (χ3n) is 18.8. The van der Waals surface area contributed by atoms with E-state index in [9.17, 15) is 40.8 Å². The maximum absolute atomic E-state index is 13.8. The molecule has 4 aromatic heterocycles. The van der Waals surface area contributed by atoms with Crippen LogP contribution in [0.1, 0.15) is 142 Å². The van der Waals surface area contributed by atoms with Crippen LogP contribution in [-0.2, 0) is 55.0 Å². The molecule has 1 aliphatic heterocycles. The number of likely N-dealkylation sites (tertiary alicyclic amines) is 1. The molecule has 36 heteroatoms. The average Bonchev–Trinajstić information content (AvgIpc) is 1.60. The molecule has 0 spiro atoms. The number of nitrogens with zero attached hydrogens (tertiary/aromatic N) is 8. The van der Waals surface area contributed by atoms with E-state index < -0.39 is 68.8 Å². The number of aromatic nitrogens is 6. The van der Waals surface area contributed by atoms with Crippen molar-refractivity contribution in [1.29, 1.82) is 0 Å². The number of esters is 1. The molecule has 0 bridgehead atoms. The summed E-state index contributed by atoms with van der Waals surface area (Å²) in [6.07, 6.45) is 11.4. The fourth-order valence-electron chi connectivity index (χ4n) is 13.6. The second-order valence-corrected chi connectivity index (χ2v) is 41.0. The molecular weight excluding hydrogens is 1730 g/mol. The summed E-state index contributed by atoms with van der Waals surface area (Å²) >= 11 is 47.5. The smallest absolute Gasteiger partial charge is 0.458 e. The van der Waals surface area contributed by atoms with E-state index >= 15 is 0 Å². The lowest BCUT2D eigenvalue weighted by Gasteiger charge is -2.41. The molecule has 1 saturated heterocycles. The van der Waals surface area contributed by atoms with Gasteiger partial charge >= 0.3 is 30.5 Å². The quantitative estimate of drug-likeness (QED) is 0.0293. The fourth-order valence-corrected chi connectivity index (χ4v) is 17.0. The van der Waals surface area contributed by atoms with E-state index in [0.29, 0.717) is 112 Å². The number of rotatable bonds is 19. The molecule has 118 heavy (non-hydrogen) atoms. The Hall–Kier alpha value is -8.13. The molecule has 5 aromatic carbocycles. The lowest BCUT2D eigenvalue weighted by molar-refractivity contribution is -0.0295. The van der Waals surface area contributed by atoms with Crippen molar-refractivity contribution >= 4 is 177 Å². The van der Waals surface area contributed by atoms with Crippen LogP contribution in [0.3, 0.4) is 0 Å². The minimum Gasteiger partial charge on any atom is -0.458 e. The Labute approximate surface area is 726 Å². The molecule has 0 unspecified atom stereocenters. The van der Waals surface area contributed by atoms with Crippen LogP contribution in [0.2, 0.25) is 10.0 Å². The van der Waals surface area contributed by atoms with Gasteiger partial charge in [-0.25, -0.2) is 68.7 Å². The number of para-hydroxylation sites is 2. The Bertz CT molecular complexity index is 5200. The summed E-state index contributed by atoms with van der Waals surface area (Å²) in [6, 6.07) is 38.3. The summed E-state index contributed by atoms with van der Waals surface area (Å²) in [7, 11) is -7.79. The molecule has 5 heterocycles. The third kappa shape index (κ3) is 26.4. The van der Waals surface area contributed by atoms with Crippen molar-refractivity contribution in [2.24, 2.45) is 5.92 Å². The first kappa shape index (κ1) is 92.2. The van der Waals surface area contributed by atoms with Crippen LogP contribution in [-0.4, -0.2) is 166 Å². The standard InChI is InChI=1S/C38H44Cl4N6O6S.C34H31Cl4N5O4S.C10H18O5/c1-37(2,3)54-36(50)47(22-25-16-18-46(19-17-25)35(49)53-24-38(40,41)42)27-11-9-10-26(20-27)44-34-43-21-31(39)33(45-34)30-23-48(32-15-8-7-14-29(30)32)55(51,52)28-12-5-4-6-13-28;35-29-19-40-33(42-31(29)28-20-43(30-12-5-4-11-27(28)30)48(45,46)26-9-2-1-3-10-26)41-25-8-6-7-24(17-25)39-18-22-13-15-23(16-14-22)32(44)47-21-34(36,37)38;1-9(2,3)14-7(11)13-8(12)15-10(4,5)6/h4-8,12-15,21,23,25-27H,9-11,16-20,22,24H2,1-3H3,(H,43,44,45);1-5,9-16,19-20,24-25,39H,6-8,17-18,21H2,(H,40,41,42);1-6H3/t26-,27+;24-,25+;/m10./s1. The van der Waals surface area contributed by atoms with E-state index in [-0.39, 0.29) is 64.2 Å². The van der Waals surface area contributed by atoms with Gasteiger partial charge in [0.1, 0.15) is 30.0 Å². The molecular formula is C82H93Cl8N11O15S2. The van der Waals surface area contributed by atoms with E-state index in [1.165, 1.54) is 14.1 Å². The van der Waals surface area contributed by atoms with Gasteiger partial charge in [0.25, 0.3) is 20.0 Å². The average molecular weight is 1820 g/mol. The molecule has 3 aliphatic rings. The van der Waals surface area contributed by atoms with Crippen LogP contribution in [0.4, 0.5) is 31.1 Å². The zero-order valence-electron chi connectivity index (χ0n) is 66.3. The van der Waals surface area contributed by atoms with Gasteiger partial charge in [-0.1, -0.05) is 178 Å². The number of alkyl halides is 6. The number of hydrogen-bond donors (Lipinski definition) is 3. The summed E-state index contributed by atoms with van der Waals surface area (Å²) in [4.78, 5) is 82.8. The third-order valence-corrected chi connectivity index (χ3v) is 23.4. The van der Waals surface area contributed by atoms with E-state index in [1.807, 2.05) is 62.1 Å². The Morgan fingerprint density at radius 2 is 0.949 bits per heavy atom. The molecule has 12 rings (SSSR count). The number of nitrogens with one attached hydrogen (secondary N) is 3. The topological polar surface area (TPSA) is 313 Å². The SMILES string of the molecule is CC(C)(C)OC(=O)N(CC1CCN(C(=O)OCC(Cl)(Cl)Cl)CC1)[C@H]1CCC[C@@H](Nc2ncc(Cl)c(-c3cn(S(=O)(=O)c4ccccc4)c4ccccc34)n2)C1.CC(C)(C)OC(=O)OC(=O)OC(C)(C)C.O=C(OCC(Cl)(Cl)Cl)c1ccc(CN[C@H]2CCC[C@@H](Nc3ncc(Cl)c(-c4cn(S(=O)(=O)c5ccccc5)c5ccccc45)n3)C2)cc1. The van der Waals surface area contributed by atoms with Crippen molar-refractivity contribution in [2.75, 3.05) is 43.5 Å². The molecule has 2 aliphatic carbocycles. The van der Waals surface area contributed by atoms with Gasteiger partial charge in [0.05, 0.1) is 60.2 Å². The van der Waals surface area contributed by atoms with Gasteiger partial charge in [-0.15, -0.1) is 0 Å². The summed E-state index contributed by atoms with van der Waals surface area (Å²) in [5.41, 5.74) is 2.31. The summed E-state index contributed by atoms with van der Waals surface area (Å²) in [5, 5.41) is 12.5. The minimum absolute atomic E-state index is 0.0768. The number of halogens is 8. The molecule has 9 aromatic rings. The van der Waals surface area contributed by atoms with Crippen molar-refractivity contribution in [3.63, 3.8) is 0 Å². The largest absolute Gasteiger partial charge is 0.519 e. The van der Waals surface area contributed by atoms with Crippen molar-refractivity contribution < 1.29 is 69.2 Å². The predicted molar refractivity (Wildman–Crippen MR) is 460 cm³/mol. The predicted octanol–water partition coefficient (Wildman–Crippen LogP) is 20.1. The van der Waals surface area contributed by atoms with E-state index in [4.69, 9.17) is 126 Å². The molecule has 3 N–H and O–H groups in total. The highest BCUT2D eigenvalue weighted by Crippen LogP contribution is 2.40. The van der Waals surface area contributed by atoms with Crippen LogP contribution in [0.25, 0.3) is 44.3 Å². The highest BCUT2D eigenvalue weighted by Gasteiger charge is 2.38. The number of amides is 2. The number of piperidine rings is 1. The fraction of sp³-hybridized carbons (Fsp3) is 0.427. The van der Waals surface area contributed by atoms with Crippen LogP contribution in [0.15, 0.2) is 168 Å². The number of hydrogen-bond acceptors (Lipinski definition) is 22. The van der Waals surface area contributed by atoms with Gasteiger partial charge in [-0.3, -0.25) is 0 Å². The van der Waals surface area contributed by atoms with E-state index in [2.05, 4.69) is 30.7 Å². The Kier molecular flexibility index (Phi) is 30.9. The lowest BCUT2D eigenvalue weighted by Crippen LogP contribution is -2.50. The van der Waals surface area contributed by atoms with Gasteiger partial charge in [0.2, 0.25) is 19.5 Å². The highest BCUT2D eigenvalue weighted by molar-refractivity contribution is 7.90. The maximum Gasteiger partial charge on any atom is 0.519 e. The number of fused-ring (bicyclic) bond motifs is 2. The van der Waals surface area contributed by atoms with Gasteiger partial charge in [-0.2, -0.15) is 0 Å². The molecule has 26 nitrogen and oxygen atoms in total. The van der Waals surface area contributed by atoms with Crippen molar-refractivity contribution in [2.45, 2.75) is 191 Å². The van der Waals surface area contributed by atoms with E-state index in [0.717, 1.165) is 50.5 Å². The number of carbonyl (C=O) groups is 5. The first-order valence-corrected chi connectivity index (χ1v) is 43.9. The number of ether oxygens (including phenoxy) is 6. The number of carbonyl (C=O) groups excluding carboxylic acids is 5. The van der Waals surface area contributed by atoms with Crippen LogP contribution >= 0.6 is 92.8 Å². The van der Waals surface area contributed by atoms with E-state index in [1.54, 1.807) is 162 Å². The minimum atomic E-state index is -3.92. The van der Waals surface area contributed by atoms with Crippen molar-refractivity contribution in [3.8, 4) is 22.5 Å². The number of anilines is 2. The normalized spacial score (nSPS) is 17.0. The second-order valence-electron chi connectivity index (χ2n) is 31.5. The zero-order valence-corrected chi connectivity index (χ0v) is 73.9. The Morgan fingerprint density at radius 1 is 0.517 bits per heavy atom. The summed E-state index contributed by atoms with van der Waals surface area (Å²) in [5.74, 6) is 0.330. The van der Waals surface area contributed by atoms with Crippen LogP contribution in [0, 0.1) is 5.92 Å². The first-order chi connectivity index (χ1) is 55.5. The molecule has 4 atom stereocenters. The van der Waals surface area contributed by atoms with Crippen molar-refractivity contribution in [1.82, 2.24) is 43.0 Å². The van der Waals surface area contributed by atoms with Crippen LogP contribution < -0.4 is 16.0 Å². The highest BCUT2D eigenvalue weighted by atomic mass is 35.6. The van der Waals surface area contributed by atoms with Gasteiger partial charge < -0.3 is 54.2 Å². The molecule has 2 saturated carbocycles. The zero-order chi connectivity index (χ0) is 85.7. The van der Waals surface area contributed by atoms with Gasteiger partial charge in [0.15, 0.2) is 0 Å². The molecule has 3 fully saturated rings. The number of benzene rings is 5. The lowest BCUT2D eigenvalue weighted by atomic mass is 9.88.